The van der Waals surface area contributed by atoms with Crippen molar-refractivity contribution < 1.29 is 4.52 Å². The van der Waals surface area contributed by atoms with Gasteiger partial charge in [0, 0.05) is 12.0 Å². The normalized spacial score (nSPS) is 12.0. The summed E-state index contributed by atoms with van der Waals surface area (Å²) in [6, 6.07) is 0. The lowest BCUT2D eigenvalue weighted by Gasteiger charge is -2.14. The molecule has 2 N–H and O–H groups in total. The highest BCUT2D eigenvalue weighted by Gasteiger charge is 2.16. The monoisotopic (exact) mass is 201 g/mol. The molecule has 13 heavy (non-hydrogen) atoms. The molecular formula is C8H15N3OS. The zero-order chi connectivity index (χ0) is 9.90. The lowest BCUT2D eigenvalue weighted by atomic mass is 10.0. The van der Waals surface area contributed by atoms with E-state index in [0.29, 0.717) is 12.3 Å². The molecule has 0 aromatic carbocycles. The third-order valence-electron chi connectivity index (χ3n) is 1.39. The Morgan fingerprint density at radius 3 is 2.77 bits per heavy atom. The minimum absolute atomic E-state index is 0.289. The summed E-state index contributed by atoms with van der Waals surface area (Å²) in [6.07, 6.45) is 2.62. The fraction of sp³-hybridized carbons (Fsp3) is 0.750. The van der Waals surface area contributed by atoms with Crippen LogP contribution in [0.1, 0.15) is 25.6 Å². The van der Waals surface area contributed by atoms with Crippen molar-refractivity contribution in [1.82, 2.24) is 10.1 Å². The Morgan fingerprint density at radius 2 is 2.23 bits per heavy atom. The molecule has 4 nitrogen and oxygen atoms in total. The third kappa shape index (κ3) is 3.78. The largest absolute Gasteiger partial charge is 0.339 e. The lowest BCUT2D eigenvalue weighted by molar-refractivity contribution is 0.345. The Morgan fingerprint density at radius 1 is 1.54 bits per heavy atom. The predicted octanol–water partition coefficient (Wildman–Crippen LogP) is 1.21. The number of hydrogen-bond acceptors (Lipinski definition) is 5. The van der Waals surface area contributed by atoms with Gasteiger partial charge in [0.2, 0.25) is 5.89 Å². The average Bonchev–Trinajstić information content (AvgIpc) is 2.33. The van der Waals surface area contributed by atoms with Crippen LogP contribution < -0.4 is 5.73 Å². The van der Waals surface area contributed by atoms with Crippen LogP contribution in [0, 0.1) is 0 Å². The summed E-state index contributed by atoms with van der Waals surface area (Å²) in [7, 11) is 0. The Kier molecular flexibility index (Phi) is 3.33. The van der Waals surface area contributed by atoms with Gasteiger partial charge in [0.05, 0.1) is 5.75 Å². The van der Waals surface area contributed by atoms with Gasteiger partial charge in [0.1, 0.15) is 0 Å². The summed E-state index contributed by atoms with van der Waals surface area (Å²) in [5.74, 6) is 2.15. The molecule has 1 aromatic rings. The molecule has 0 bridgehead atoms. The van der Waals surface area contributed by atoms with Gasteiger partial charge in [-0.25, -0.2) is 0 Å². The summed E-state index contributed by atoms with van der Waals surface area (Å²) in [6.45, 7) is 3.87. The maximum absolute atomic E-state index is 5.82. The molecule has 74 valence electrons. The molecule has 0 saturated carbocycles. The molecule has 0 saturated heterocycles. The van der Waals surface area contributed by atoms with Crippen LogP contribution in [-0.4, -0.2) is 21.9 Å². The second kappa shape index (κ2) is 4.11. The van der Waals surface area contributed by atoms with Crippen molar-refractivity contribution in [3.8, 4) is 0 Å². The molecule has 0 aliphatic carbocycles. The summed E-state index contributed by atoms with van der Waals surface area (Å²) >= 11 is 1.67. The van der Waals surface area contributed by atoms with Crippen LogP contribution in [0.4, 0.5) is 0 Å². The Balaban J connectivity index is 2.59. The molecule has 0 atom stereocenters. The second-order valence-electron chi connectivity index (χ2n) is 3.70. The Labute approximate surface area is 82.3 Å². The first kappa shape index (κ1) is 10.5. The van der Waals surface area contributed by atoms with Gasteiger partial charge in [-0.3, -0.25) is 0 Å². The molecule has 0 aliphatic heterocycles. The minimum atomic E-state index is -0.289. The molecular weight excluding hydrogens is 186 g/mol. The van der Waals surface area contributed by atoms with E-state index >= 15 is 0 Å². The second-order valence-corrected chi connectivity index (χ2v) is 4.57. The highest BCUT2D eigenvalue weighted by Crippen LogP contribution is 2.10. The fourth-order valence-corrected chi connectivity index (χ4v) is 1.31. The molecule has 5 heteroatoms. The van der Waals surface area contributed by atoms with E-state index in [9.17, 15) is 0 Å². The highest BCUT2D eigenvalue weighted by atomic mass is 32.2. The van der Waals surface area contributed by atoms with Gasteiger partial charge in [0.15, 0.2) is 5.82 Å². The molecule has 1 heterocycles. The third-order valence-corrected chi connectivity index (χ3v) is 1.94. The number of thioether (sulfide) groups is 1. The van der Waals surface area contributed by atoms with Crippen LogP contribution in [0.2, 0.25) is 0 Å². The van der Waals surface area contributed by atoms with Crippen molar-refractivity contribution in [3.05, 3.63) is 11.7 Å². The van der Waals surface area contributed by atoms with Crippen molar-refractivity contribution in [1.29, 1.82) is 0 Å². The molecule has 0 fully saturated rings. The van der Waals surface area contributed by atoms with Crippen LogP contribution in [-0.2, 0) is 12.2 Å². The van der Waals surface area contributed by atoms with Crippen LogP contribution in [0.15, 0.2) is 4.52 Å². The van der Waals surface area contributed by atoms with Gasteiger partial charge in [-0.2, -0.15) is 16.7 Å². The van der Waals surface area contributed by atoms with E-state index in [-0.39, 0.29) is 5.54 Å². The standard InChI is InChI=1S/C8H15N3OS/c1-8(2,9)4-7-10-6(5-13-3)11-12-7/h4-5,9H2,1-3H3. The SMILES string of the molecule is CSCc1noc(CC(C)(C)N)n1. The molecule has 0 unspecified atom stereocenters. The molecule has 0 spiro atoms. The Hall–Kier alpha value is -0.550. The van der Waals surface area contributed by atoms with Crippen molar-refractivity contribution in [2.75, 3.05) is 6.26 Å². The van der Waals surface area contributed by atoms with Crippen molar-refractivity contribution in [2.45, 2.75) is 31.6 Å². The summed E-state index contributed by atoms with van der Waals surface area (Å²) < 4.78 is 5.04. The first-order valence-electron chi connectivity index (χ1n) is 4.10. The zero-order valence-electron chi connectivity index (χ0n) is 8.20. The van der Waals surface area contributed by atoms with E-state index < -0.39 is 0 Å². The number of rotatable bonds is 4. The van der Waals surface area contributed by atoms with Crippen LogP contribution in [0.3, 0.4) is 0 Å². The summed E-state index contributed by atoms with van der Waals surface area (Å²) in [5.41, 5.74) is 5.53. The maximum atomic E-state index is 5.82. The van der Waals surface area contributed by atoms with E-state index in [1.807, 2.05) is 20.1 Å². The van der Waals surface area contributed by atoms with Crippen LogP contribution in [0.25, 0.3) is 0 Å². The summed E-state index contributed by atoms with van der Waals surface area (Å²) in [5, 5.41) is 3.83. The minimum Gasteiger partial charge on any atom is -0.339 e. The average molecular weight is 201 g/mol. The fourth-order valence-electron chi connectivity index (χ4n) is 0.939. The van der Waals surface area contributed by atoms with Gasteiger partial charge in [-0.15, -0.1) is 0 Å². The zero-order valence-corrected chi connectivity index (χ0v) is 9.02. The summed E-state index contributed by atoms with van der Waals surface area (Å²) in [4.78, 5) is 4.21. The highest BCUT2D eigenvalue weighted by molar-refractivity contribution is 7.97. The van der Waals surface area contributed by atoms with E-state index in [0.717, 1.165) is 11.6 Å². The van der Waals surface area contributed by atoms with Gasteiger partial charge < -0.3 is 10.3 Å². The predicted molar refractivity (Wildman–Crippen MR) is 53.5 cm³/mol. The van der Waals surface area contributed by atoms with E-state index in [1.54, 1.807) is 11.8 Å². The first-order chi connectivity index (χ1) is 6.01. The number of aromatic nitrogens is 2. The topological polar surface area (TPSA) is 64.9 Å². The number of nitrogens with zero attached hydrogens (tertiary/aromatic N) is 2. The van der Waals surface area contributed by atoms with Crippen LogP contribution >= 0.6 is 11.8 Å². The van der Waals surface area contributed by atoms with E-state index in [4.69, 9.17) is 10.3 Å². The maximum Gasteiger partial charge on any atom is 0.228 e. The van der Waals surface area contributed by atoms with Crippen LogP contribution in [0.5, 0.6) is 0 Å². The van der Waals surface area contributed by atoms with Gasteiger partial charge in [0.25, 0.3) is 0 Å². The number of hydrogen-bond donors (Lipinski definition) is 1. The molecule has 0 radical (unpaired) electrons. The first-order valence-corrected chi connectivity index (χ1v) is 5.50. The molecule has 1 rings (SSSR count). The smallest absolute Gasteiger partial charge is 0.228 e. The van der Waals surface area contributed by atoms with Crippen molar-refractivity contribution in [3.63, 3.8) is 0 Å². The molecule has 0 aliphatic rings. The lowest BCUT2D eigenvalue weighted by Crippen LogP contribution is -2.34. The van der Waals surface area contributed by atoms with Gasteiger partial charge in [-0.05, 0) is 20.1 Å². The van der Waals surface area contributed by atoms with Gasteiger partial charge >= 0.3 is 0 Å². The quantitative estimate of drug-likeness (QED) is 0.793. The molecule has 0 amide bonds. The van der Waals surface area contributed by atoms with E-state index in [2.05, 4.69) is 10.1 Å². The van der Waals surface area contributed by atoms with Crippen molar-refractivity contribution in [2.24, 2.45) is 5.73 Å². The molecule has 1 aromatic heterocycles. The van der Waals surface area contributed by atoms with Gasteiger partial charge in [-0.1, -0.05) is 5.16 Å². The van der Waals surface area contributed by atoms with Crippen molar-refractivity contribution >= 4 is 11.8 Å². The Bertz CT molecular complexity index is 267. The number of nitrogens with two attached hydrogens (primary N) is 1. The van der Waals surface area contributed by atoms with E-state index in [1.165, 1.54) is 0 Å².